The van der Waals surface area contributed by atoms with Crippen LogP contribution < -0.4 is 20.7 Å². The van der Waals surface area contributed by atoms with E-state index in [-0.39, 0.29) is 35.6 Å². The van der Waals surface area contributed by atoms with Gasteiger partial charge in [-0.15, -0.1) is 10.2 Å². The number of rotatable bonds is 12. The molecule has 1 aromatic heterocycles. The molecule has 14 nitrogen and oxygen atoms in total. The minimum atomic E-state index is -1.05. The Morgan fingerprint density at radius 3 is 2.24 bits per heavy atom. The molecular formula is C37H43N7O7. The van der Waals surface area contributed by atoms with Gasteiger partial charge in [-0.05, 0) is 111 Å². The maximum atomic E-state index is 13.7. The number of carbonyl (C=O) groups is 4. The van der Waals surface area contributed by atoms with Crippen molar-refractivity contribution in [3.8, 4) is 28.3 Å². The fourth-order valence-corrected chi connectivity index (χ4v) is 6.00. The van der Waals surface area contributed by atoms with E-state index in [1.165, 1.54) is 19.2 Å². The van der Waals surface area contributed by atoms with Crippen molar-refractivity contribution in [2.24, 2.45) is 11.8 Å². The first-order valence-corrected chi connectivity index (χ1v) is 16.8. The molecule has 4 aromatic rings. The number of ether oxygens (including phenoxy) is 2. The summed E-state index contributed by atoms with van der Waals surface area (Å²) in [7, 11) is 1.48. The Morgan fingerprint density at radius 1 is 0.941 bits per heavy atom. The highest BCUT2D eigenvalue weighted by molar-refractivity contribution is 5.98. The van der Waals surface area contributed by atoms with E-state index in [4.69, 9.17) is 9.47 Å². The summed E-state index contributed by atoms with van der Waals surface area (Å²) >= 11 is 0. The lowest BCUT2D eigenvalue weighted by atomic mass is 9.81. The number of hydrogen-bond donors (Lipinski definition) is 5. The van der Waals surface area contributed by atoms with Crippen LogP contribution in [0.2, 0.25) is 0 Å². The number of aromatic nitrogens is 4. The van der Waals surface area contributed by atoms with Gasteiger partial charge in [-0.25, -0.2) is 9.59 Å². The number of H-pyrrole nitrogens is 1. The van der Waals surface area contributed by atoms with E-state index in [9.17, 15) is 24.3 Å². The molecule has 1 saturated carbocycles. The lowest BCUT2D eigenvalue weighted by Crippen LogP contribution is -2.48. The summed E-state index contributed by atoms with van der Waals surface area (Å²) < 4.78 is 10.8. The predicted octanol–water partition coefficient (Wildman–Crippen LogP) is 5.24. The van der Waals surface area contributed by atoms with Gasteiger partial charge in [-0.2, -0.15) is 5.21 Å². The highest BCUT2D eigenvalue weighted by atomic mass is 16.6. The van der Waals surface area contributed by atoms with Crippen molar-refractivity contribution in [3.05, 3.63) is 77.9 Å². The summed E-state index contributed by atoms with van der Waals surface area (Å²) in [5.74, 6) is -0.806. The monoisotopic (exact) mass is 697 g/mol. The Morgan fingerprint density at radius 2 is 1.63 bits per heavy atom. The van der Waals surface area contributed by atoms with E-state index in [1.54, 1.807) is 30.3 Å². The van der Waals surface area contributed by atoms with Gasteiger partial charge in [-0.3, -0.25) is 9.59 Å². The molecule has 5 N–H and O–H groups in total. The van der Waals surface area contributed by atoms with Crippen LogP contribution in [0, 0.1) is 11.8 Å². The zero-order valence-electron chi connectivity index (χ0n) is 29.1. The SMILES string of the molecule is COc1cc(C(=O)O)ccc1-c1ccc(C[C@H](NC(=O)C2CCC(CNC(=O)OC(C)(C)C)CC2)C(=O)Nc2ccc(-c3nn[nH]n3)cc2)cc1. The number of amides is 3. The van der Waals surface area contributed by atoms with Crippen LogP contribution in [-0.2, 0) is 20.7 Å². The normalized spacial score (nSPS) is 16.4. The number of benzene rings is 3. The average molecular weight is 698 g/mol. The van der Waals surface area contributed by atoms with Crippen molar-refractivity contribution < 1.29 is 33.8 Å². The zero-order valence-corrected chi connectivity index (χ0v) is 29.1. The van der Waals surface area contributed by atoms with E-state index >= 15 is 0 Å². The second-order valence-corrected chi connectivity index (χ2v) is 13.6. The van der Waals surface area contributed by atoms with Crippen LogP contribution in [0.15, 0.2) is 66.7 Å². The summed E-state index contributed by atoms with van der Waals surface area (Å²) in [5, 5.41) is 32.1. The lowest BCUT2D eigenvalue weighted by molar-refractivity contribution is -0.130. The van der Waals surface area contributed by atoms with E-state index in [1.807, 2.05) is 45.0 Å². The van der Waals surface area contributed by atoms with Gasteiger partial charge < -0.3 is 30.5 Å². The molecule has 1 aliphatic rings. The summed E-state index contributed by atoms with van der Waals surface area (Å²) in [6, 6.07) is 18.3. The molecule has 14 heteroatoms. The predicted molar refractivity (Wildman–Crippen MR) is 189 cm³/mol. The van der Waals surface area contributed by atoms with Crippen molar-refractivity contribution in [1.29, 1.82) is 0 Å². The van der Waals surface area contributed by atoms with Gasteiger partial charge in [0, 0.05) is 35.7 Å². The zero-order chi connectivity index (χ0) is 36.5. The number of aromatic carboxylic acids is 1. The Hall–Kier alpha value is -5.79. The minimum Gasteiger partial charge on any atom is -0.496 e. The third kappa shape index (κ3) is 10.1. The molecule has 5 rings (SSSR count). The molecule has 3 aromatic carbocycles. The highest BCUT2D eigenvalue weighted by Gasteiger charge is 2.30. The summed E-state index contributed by atoms with van der Waals surface area (Å²) in [6.07, 6.45) is 2.56. The number of carbonyl (C=O) groups excluding carboxylic acids is 3. The third-order valence-electron chi connectivity index (χ3n) is 8.69. The van der Waals surface area contributed by atoms with Crippen LogP contribution in [0.3, 0.4) is 0 Å². The maximum absolute atomic E-state index is 13.7. The molecule has 3 amide bonds. The second-order valence-electron chi connectivity index (χ2n) is 13.6. The number of hydrogen-bond acceptors (Lipinski definition) is 9. The first-order valence-electron chi connectivity index (χ1n) is 16.8. The van der Waals surface area contributed by atoms with Crippen LogP contribution in [0.1, 0.15) is 62.4 Å². The Labute approximate surface area is 295 Å². The number of nitrogens with zero attached hydrogens (tertiary/aromatic N) is 3. The number of alkyl carbamates (subject to hydrolysis) is 1. The first-order chi connectivity index (χ1) is 24.4. The number of carboxylic acid groups (broad SMARTS) is 1. The molecule has 1 aliphatic carbocycles. The number of carboxylic acids is 1. The van der Waals surface area contributed by atoms with Gasteiger partial charge in [0.05, 0.1) is 12.7 Å². The molecule has 1 atom stereocenters. The van der Waals surface area contributed by atoms with Gasteiger partial charge in [-0.1, -0.05) is 24.3 Å². The third-order valence-corrected chi connectivity index (χ3v) is 8.69. The standard InChI is InChI=1S/C37H43N7O7/c1-37(2,3)51-36(49)38-21-23-7-11-26(12-8-23)33(45)40-30(34(46)39-28-16-13-25(14-17-28)32-41-43-44-42-32)19-22-5-9-24(10-6-22)29-18-15-27(35(47)48)20-31(29)50-4/h5-6,9-10,13-18,20,23,26,30H,7-8,11-12,19,21H2,1-4H3,(H,38,49)(H,39,46)(H,40,45)(H,47,48)(H,41,42,43,44)/t23?,26?,30-/m0/s1. The molecule has 0 bridgehead atoms. The Kier molecular flexibility index (Phi) is 11.6. The van der Waals surface area contributed by atoms with E-state index in [0.717, 1.165) is 35.1 Å². The van der Waals surface area contributed by atoms with Gasteiger partial charge in [0.25, 0.3) is 0 Å². The Bertz CT molecular complexity index is 1810. The van der Waals surface area contributed by atoms with Crippen LogP contribution in [0.4, 0.5) is 10.5 Å². The molecule has 0 unspecified atom stereocenters. The van der Waals surface area contributed by atoms with E-state index < -0.39 is 23.7 Å². The molecule has 1 heterocycles. The largest absolute Gasteiger partial charge is 0.496 e. The van der Waals surface area contributed by atoms with Crippen molar-refractivity contribution in [3.63, 3.8) is 0 Å². The number of tetrazole rings is 1. The maximum Gasteiger partial charge on any atom is 0.407 e. The van der Waals surface area contributed by atoms with Crippen LogP contribution in [0.25, 0.3) is 22.5 Å². The topological polar surface area (TPSA) is 198 Å². The van der Waals surface area contributed by atoms with Crippen molar-refractivity contribution in [1.82, 2.24) is 31.3 Å². The number of aromatic amines is 1. The number of anilines is 1. The summed E-state index contributed by atoms with van der Waals surface area (Å²) in [4.78, 5) is 50.8. The van der Waals surface area contributed by atoms with Crippen LogP contribution >= 0.6 is 0 Å². The molecule has 0 aliphatic heterocycles. The fraction of sp³-hybridized carbons (Fsp3) is 0.378. The second kappa shape index (κ2) is 16.3. The Balaban J connectivity index is 1.26. The lowest BCUT2D eigenvalue weighted by Gasteiger charge is -2.29. The molecule has 0 saturated heterocycles. The highest BCUT2D eigenvalue weighted by Crippen LogP contribution is 2.32. The quantitative estimate of drug-likeness (QED) is 0.131. The summed E-state index contributed by atoms with van der Waals surface area (Å²) in [6.45, 7) is 5.92. The summed E-state index contributed by atoms with van der Waals surface area (Å²) in [5.41, 5.74) is 3.13. The van der Waals surface area contributed by atoms with E-state index in [2.05, 4.69) is 36.6 Å². The average Bonchev–Trinajstić information content (AvgIpc) is 3.65. The van der Waals surface area contributed by atoms with Crippen LogP contribution in [0.5, 0.6) is 5.75 Å². The van der Waals surface area contributed by atoms with Gasteiger partial charge in [0.15, 0.2) is 0 Å². The van der Waals surface area contributed by atoms with E-state index in [0.29, 0.717) is 36.6 Å². The van der Waals surface area contributed by atoms with Crippen LogP contribution in [-0.4, -0.2) is 74.9 Å². The molecule has 0 spiro atoms. The first kappa shape index (κ1) is 36.5. The van der Waals surface area contributed by atoms with Crippen molar-refractivity contribution in [2.75, 3.05) is 19.0 Å². The van der Waals surface area contributed by atoms with Crippen molar-refractivity contribution >= 4 is 29.6 Å². The molecule has 0 radical (unpaired) electrons. The van der Waals surface area contributed by atoms with Crippen molar-refractivity contribution in [2.45, 2.75) is 64.5 Å². The molecule has 51 heavy (non-hydrogen) atoms. The molecule has 1 fully saturated rings. The van der Waals surface area contributed by atoms with Gasteiger partial charge >= 0.3 is 12.1 Å². The minimum absolute atomic E-state index is 0.118. The molecular weight excluding hydrogens is 654 g/mol. The number of nitrogens with one attached hydrogen (secondary N) is 4. The van der Waals surface area contributed by atoms with Gasteiger partial charge in [0.2, 0.25) is 17.6 Å². The number of methoxy groups -OCH3 is 1. The fourth-order valence-electron chi connectivity index (χ4n) is 6.00. The molecule has 268 valence electrons. The smallest absolute Gasteiger partial charge is 0.407 e. The van der Waals surface area contributed by atoms with Gasteiger partial charge in [0.1, 0.15) is 17.4 Å².